The number of aliphatic hydroxyl groups is 1. The predicted octanol–water partition coefficient (Wildman–Crippen LogP) is 1.15. The van der Waals surface area contributed by atoms with Crippen molar-refractivity contribution in [2.24, 2.45) is 0 Å². The van der Waals surface area contributed by atoms with Gasteiger partial charge in [0, 0.05) is 25.7 Å². The van der Waals surface area contributed by atoms with Gasteiger partial charge in [0.1, 0.15) is 5.82 Å². The second-order valence-electron chi connectivity index (χ2n) is 4.60. The molecule has 17 heavy (non-hydrogen) atoms. The van der Waals surface area contributed by atoms with Crippen LogP contribution in [0.3, 0.4) is 0 Å². The van der Waals surface area contributed by atoms with Gasteiger partial charge in [0.15, 0.2) is 0 Å². The van der Waals surface area contributed by atoms with E-state index in [1.54, 1.807) is 12.1 Å². The predicted molar refractivity (Wildman–Crippen MR) is 65.3 cm³/mol. The fourth-order valence-corrected chi connectivity index (χ4v) is 2.32. The summed E-state index contributed by atoms with van der Waals surface area (Å²) in [6, 6.07) is 6.78. The summed E-state index contributed by atoms with van der Waals surface area (Å²) >= 11 is 0. The van der Waals surface area contributed by atoms with E-state index in [-0.39, 0.29) is 18.0 Å². The Morgan fingerprint density at radius 1 is 1.59 bits per heavy atom. The first kappa shape index (κ1) is 12.5. The van der Waals surface area contributed by atoms with E-state index in [4.69, 9.17) is 0 Å². The van der Waals surface area contributed by atoms with E-state index in [1.807, 2.05) is 13.1 Å². The first-order chi connectivity index (χ1) is 8.19. The summed E-state index contributed by atoms with van der Waals surface area (Å²) in [5.41, 5.74) is 0.953. The lowest BCUT2D eigenvalue weighted by Crippen LogP contribution is -2.33. The molecule has 1 heterocycles. The molecule has 2 rings (SSSR count). The lowest BCUT2D eigenvalue weighted by molar-refractivity contribution is 0.173. The normalized spacial score (nSPS) is 22.9. The van der Waals surface area contributed by atoms with Gasteiger partial charge in [-0.25, -0.2) is 4.39 Å². The molecule has 1 aliphatic heterocycles. The molecule has 1 aliphatic rings. The number of rotatable bonds is 4. The molecular weight excluding hydrogens is 219 g/mol. The van der Waals surface area contributed by atoms with Crippen molar-refractivity contribution in [3.63, 3.8) is 0 Å². The highest BCUT2D eigenvalue weighted by molar-refractivity contribution is 5.20. The van der Waals surface area contributed by atoms with Crippen LogP contribution in [0.1, 0.15) is 18.0 Å². The molecule has 0 saturated carbocycles. The fourth-order valence-electron chi connectivity index (χ4n) is 2.32. The molecule has 4 heteroatoms. The summed E-state index contributed by atoms with van der Waals surface area (Å²) in [6.45, 7) is 2.43. The molecule has 1 fully saturated rings. The number of hydrogen-bond donors (Lipinski definition) is 2. The van der Waals surface area contributed by atoms with Crippen molar-refractivity contribution in [2.45, 2.75) is 18.6 Å². The van der Waals surface area contributed by atoms with Crippen molar-refractivity contribution in [3.05, 3.63) is 35.6 Å². The topological polar surface area (TPSA) is 35.5 Å². The van der Waals surface area contributed by atoms with Crippen LogP contribution in [0.5, 0.6) is 0 Å². The maximum Gasteiger partial charge on any atom is 0.123 e. The van der Waals surface area contributed by atoms with Gasteiger partial charge in [0.2, 0.25) is 0 Å². The number of likely N-dealkylation sites (N-methyl/N-ethyl adjacent to an activating group) is 1. The van der Waals surface area contributed by atoms with Gasteiger partial charge in [0.25, 0.3) is 0 Å². The molecule has 0 bridgehead atoms. The van der Waals surface area contributed by atoms with Gasteiger partial charge in [-0.1, -0.05) is 12.1 Å². The summed E-state index contributed by atoms with van der Waals surface area (Å²) in [6.07, 6.45) is 0.625. The number of benzene rings is 1. The standard InChI is InChI=1S/C13H19FN2O/c1-15-13(9-16-6-5-12(17)8-16)10-3-2-4-11(14)7-10/h2-4,7,12-13,15,17H,5-6,8-9H2,1H3/t12-,13+/m1/s1. The van der Waals surface area contributed by atoms with E-state index in [0.717, 1.165) is 25.1 Å². The second kappa shape index (κ2) is 5.58. The van der Waals surface area contributed by atoms with E-state index in [9.17, 15) is 9.50 Å². The number of aliphatic hydroxyl groups excluding tert-OH is 1. The molecule has 0 aliphatic carbocycles. The zero-order valence-electron chi connectivity index (χ0n) is 10.1. The average molecular weight is 238 g/mol. The molecule has 0 spiro atoms. The minimum absolute atomic E-state index is 0.107. The van der Waals surface area contributed by atoms with Crippen molar-refractivity contribution < 1.29 is 9.50 Å². The number of halogens is 1. The largest absolute Gasteiger partial charge is 0.392 e. The van der Waals surface area contributed by atoms with Crippen molar-refractivity contribution in [2.75, 3.05) is 26.7 Å². The number of β-amino-alcohol motifs (C(OH)–C–C–N with tert-alkyl or cyclic N) is 1. The first-order valence-corrected chi connectivity index (χ1v) is 6.02. The van der Waals surface area contributed by atoms with Crippen LogP contribution in [-0.4, -0.2) is 42.8 Å². The Hall–Kier alpha value is -0.970. The van der Waals surface area contributed by atoms with Crippen molar-refractivity contribution in [3.8, 4) is 0 Å². The molecule has 94 valence electrons. The molecule has 1 aromatic carbocycles. The Bertz CT molecular complexity index is 372. The van der Waals surface area contributed by atoms with E-state index in [2.05, 4.69) is 10.2 Å². The van der Waals surface area contributed by atoms with Crippen molar-refractivity contribution in [1.82, 2.24) is 10.2 Å². The third kappa shape index (κ3) is 3.25. The summed E-state index contributed by atoms with van der Waals surface area (Å²) in [5, 5.41) is 12.7. The van der Waals surface area contributed by atoms with Gasteiger partial charge in [0.05, 0.1) is 6.10 Å². The Morgan fingerprint density at radius 2 is 2.41 bits per heavy atom. The van der Waals surface area contributed by atoms with Crippen LogP contribution in [0.2, 0.25) is 0 Å². The Kier molecular flexibility index (Phi) is 4.10. The minimum Gasteiger partial charge on any atom is -0.392 e. The number of nitrogens with zero attached hydrogens (tertiary/aromatic N) is 1. The summed E-state index contributed by atoms with van der Waals surface area (Å²) in [7, 11) is 1.88. The summed E-state index contributed by atoms with van der Waals surface area (Å²) in [4.78, 5) is 2.21. The molecule has 0 aromatic heterocycles. The first-order valence-electron chi connectivity index (χ1n) is 6.02. The Balaban J connectivity index is 2.01. The highest BCUT2D eigenvalue weighted by Gasteiger charge is 2.23. The molecule has 0 unspecified atom stereocenters. The summed E-state index contributed by atoms with van der Waals surface area (Å²) in [5.74, 6) is -0.204. The van der Waals surface area contributed by atoms with Gasteiger partial charge >= 0.3 is 0 Å². The third-order valence-corrected chi connectivity index (χ3v) is 3.29. The van der Waals surface area contributed by atoms with Crippen LogP contribution in [0.15, 0.2) is 24.3 Å². The minimum atomic E-state index is -0.208. The number of hydrogen-bond acceptors (Lipinski definition) is 3. The van der Waals surface area contributed by atoms with Crippen molar-refractivity contribution >= 4 is 0 Å². The number of nitrogens with one attached hydrogen (secondary N) is 1. The Morgan fingerprint density at radius 3 is 3.00 bits per heavy atom. The zero-order valence-corrected chi connectivity index (χ0v) is 10.1. The van der Waals surface area contributed by atoms with Gasteiger partial charge in [-0.05, 0) is 31.2 Å². The van der Waals surface area contributed by atoms with Gasteiger partial charge < -0.3 is 10.4 Å². The fraction of sp³-hybridized carbons (Fsp3) is 0.538. The van der Waals surface area contributed by atoms with Crippen LogP contribution in [0.4, 0.5) is 4.39 Å². The monoisotopic (exact) mass is 238 g/mol. The SMILES string of the molecule is CN[C@@H](CN1CC[C@@H](O)C1)c1cccc(F)c1. The van der Waals surface area contributed by atoms with Crippen LogP contribution in [-0.2, 0) is 0 Å². The molecule has 1 saturated heterocycles. The van der Waals surface area contributed by atoms with Gasteiger partial charge in [-0.3, -0.25) is 4.90 Å². The highest BCUT2D eigenvalue weighted by atomic mass is 19.1. The van der Waals surface area contributed by atoms with Crippen LogP contribution in [0, 0.1) is 5.82 Å². The highest BCUT2D eigenvalue weighted by Crippen LogP contribution is 2.18. The molecule has 2 N–H and O–H groups in total. The van der Waals surface area contributed by atoms with E-state index in [0.29, 0.717) is 6.54 Å². The second-order valence-corrected chi connectivity index (χ2v) is 4.60. The van der Waals surface area contributed by atoms with Crippen LogP contribution >= 0.6 is 0 Å². The van der Waals surface area contributed by atoms with Crippen molar-refractivity contribution in [1.29, 1.82) is 0 Å². The van der Waals surface area contributed by atoms with Crippen LogP contribution < -0.4 is 5.32 Å². The van der Waals surface area contributed by atoms with E-state index in [1.165, 1.54) is 6.07 Å². The molecule has 1 aromatic rings. The van der Waals surface area contributed by atoms with E-state index >= 15 is 0 Å². The van der Waals surface area contributed by atoms with Gasteiger partial charge in [-0.15, -0.1) is 0 Å². The number of likely N-dealkylation sites (tertiary alicyclic amines) is 1. The van der Waals surface area contributed by atoms with Crippen LogP contribution in [0.25, 0.3) is 0 Å². The summed E-state index contributed by atoms with van der Waals surface area (Å²) < 4.78 is 13.2. The smallest absolute Gasteiger partial charge is 0.123 e. The lowest BCUT2D eigenvalue weighted by Gasteiger charge is -2.23. The maximum atomic E-state index is 13.2. The molecule has 3 nitrogen and oxygen atoms in total. The molecule has 0 radical (unpaired) electrons. The van der Waals surface area contributed by atoms with E-state index < -0.39 is 0 Å². The Labute approximate surface area is 101 Å². The van der Waals surface area contributed by atoms with Gasteiger partial charge in [-0.2, -0.15) is 0 Å². The maximum absolute atomic E-state index is 13.2. The lowest BCUT2D eigenvalue weighted by atomic mass is 10.1. The quantitative estimate of drug-likeness (QED) is 0.826. The third-order valence-electron chi connectivity index (χ3n) is 3.29. The zero-order chi connectivity index (χ0) is 12.3. The molecular formula is C13H19FN2O. The molecule has 2 atom stereocenters. The molecule has 0 amide bonds. The average Bonchev–Trinajstić information content (AvgIpc) is 2.72.